The molecule has 0 aromatic heterocycles. The van der Waals surface area contributed by atoms with Gasteiger partial charge in [-0.25, -0.2) is 0 Å². The molecule has 0 spiro atoms. The van der Waals surface area contributed by atoms with Crippen LogP contribution in [0.15, 0.2) is 24.3 Å². The van der Waals surface area contributed by atoms with Crippen LogP contribution < -0.4 is 4.74 Å². The van der Waals surface area contributed by atoms with Crippen LogP contribution in [-0.2, 0) is 4.79 Å². The Kier molecular flexibility index (Phi) is 4.18. The Labute approximate surface area is 103 Å². The van der Waals surface area contributed by atoms with Crippen LogP contribution in [0.2, 0.25) is 0 Å². The highest BCUT2D eigenvalue weighted by Gasteiger charge is 2.21. The van der Waals surface area contributed by atoms with Gasteiger partial charge in [-0.05, 0) is 31.4 Å². The van der Waals surface area contributed by atoms with E-state index in [-0.39, 0.29) is 18.3 Å². The van der Waals surface area contributed by atoms with Gasteiger partial charge < -0.3 is 4.74 Å². The van der Waals surface area contributed by atoms with E-state index in [1.807, 2.05) is 31.2 Å². The smallest absolute Gasteiger partial charge is 0.173 e. The van der Waals surface area contributed by atoms with E-state index in [0.29, 0.717) is 0 Å². The van der Waals surface area contributed by atoms with Gasteiger partial charge in [-0.2, -0.15) is 0 Å². The van der Waals surface area contributed by atoms with Crippen molar-refractivity contribution in [1.82, 2.24) is 0 Å². The summed E-state index contributed by atoms with van der Waals surface area (Å²) >= 11 is 0. The number of aryl methyl sites for hydroxylation is 1. The molecule has 0 amide bonds. The summed E-state index contributed by atoms with van der Waals surface area (Å²) in [6.45, 7) is 2.23. The van der Waals surface area contributed by atoms with Crippen molar-refractivity contribution in [2.75, 3.05) is 6.61 Å². The molecule has 2 rings (SSSR count). The van der Waals surface area contributed by atoms with E-state index < -0.39 is 0 Å². The van der Waals surface area contributed by atoms with Crippen LogP contribution in [0.1, 0.15) is 37.7 Å². The lowest BCUT2D eigenvalue weighted by Crippen LogP contribution is -2.23. The molecule has 1 aliphatic carbocycles. The highest BCUT2D eigenvalue weighted by molar-refractivity contribution is 5.82. The van der Waals surface area contributed by atoms with Crippen LogP contribution in [0.5, 0.6) is 5.75 Å². The molecule has 1 saturated carbocycles. The summed E-state index contributed by atoms with van der Waals surface area (Å²) in [5.74, 6) is 1.34. The van der Waals surface area contributed by atoms with Gasteiger partial charge >= 0.3 is 0 Å². The molecule has 0 saturated heterocycles. The summed E-state index contributed by atoms with van der Waals surface area (Å²) < 4.78 is 5.60. The maximum absolute atomic E-state index is 12.0. The monoisotopic (exact) mass is 232 g/mol. The third-order valence-electron chi connectivity index (χ3n) is 3.52. The molecule has 0 atom stereocenters. The van der Waals surface area contributed by atoms with Gasteiger partial charge in [-0.3, -0.25) is 4.79 Å². The Morgan fingerprint density at radius 1 is 1.24 bits per heavy atom. The first-order valence-electron chi connectivity index (χ1n) is 6.48. The fourth-order valence-electron chi connectivity index (χ4n) is 2.41. The van der Waals surface area contributed by atoms with Crippen LogP contribution in [0.4, 0.5) is 0 Å². The summed E-state index contributed by atoms with van der Waals surface area (Å²) in [6, 6.07) is 7.84. The first-order chi connectivity index (χ1) is 8.27. The molecule has 0 radical (unpaired) electrons. The molecule has 0 bridgehead atoms. The van der Waals surface area contributed by atoms with Crippen LogP contribution in [-0.4, -0.2) is 12.4 Å². The molecule has 0 heterocycles. The molecule has 1 aliphatic rings. The lowest BCUT2D eigenvalue weighted by Gasteiger charge is -2.20. The Morgan fingerprint density at radius 3 is 2.65 bits per heavy atom. The van der Waals surface area contributed by atoms with E-state index >= 15 is 0 Å². The van der Waals surface area contributed by atoms with E-state index in [0.717, 1.165) is 24.2 Å². The summed E-state index contributed by atoms with van der Waals surface area (Å²) in [7, 11) is 0. The van der Waals surface area contributed by atoms with Gasteiger partial charge in [-0.15, -0.1) is 0 Å². The molecule has 1 aromatic rings. The molecule has 1 aromatic carbocycles. The average Bonchev–Trinajstić information content (AvgIpc) is 2.38. The first-order valence-corrected chi connectivity index (χ1v) is 6.48. The van der Waals surface area contributed by atoms with Crippen molar-refractivity contribution < 1.29 is 9.53 Å². The maximum atomic E-state index is 12.0. The molecular weight excluding hydrogens is 212 g/mol. The highest BCUT2D eigenvalue weighted by atomic mass is 16.5. The maximum Gasteiger partial charge on any atom is 0.173 e. The van der Waals surface area contributed by atoms with Gasteiger partial charge in [0.1, 0.15) is 12.4 Å². The lowest BCUT2D eigenvalue weighted by molar-refractivity contribution is -0.125. The third kappa shape index (κ3) is 3.32. The van der Waals surface area contributed by atoms with Gasteiger partial charge in [0.25, 0.3) is 0 Å². The molecular formula is C15H20O2. The van der Waals surface area contributed by atoms with Crippen LogP contribution in [0.25, 0.3) is 0 Å². The number of benzene rings is 1. The third-order valence-corrected chi connectivity index (χ3v) is 3.52. The Morgan fingerprint density at radius 2 is 1.94 bits per heavy atom. The minimum absolute atomic E-state index is 0.232. The summed E-state index contributed by atoms with van der Waals surface area (Å²) in [6.07, 6.45) is 5.77. The zero-order chi connectivity index (χ0) is 12.1. The number of ketones is 1. The summed E-state index contributed by atoms with van der Waals surface area (Å²) in [5, 5.41) is 0. The van der Waals surface area contributed by atoms with E-state index in [4.69, 9.17) is 4.74 Å². The number of rotatable bonds is 4. The van der Waals surface area contributed by atoms with E-state index in [9.17, 15) is 4.79 Å². The number of carbonyl (C=O) groups excluding carboxylic acids is 1. The quantitative estimate of drug-likeness (QED) is 0.794. The molecule has 0 unspecified atom stereocenters. The molecule has 1 fully saturated rings. The Balaban J connectivity index is 1.85. The second-order valence-corrected chi connectivity index (χ2v) is 4.86. The Hall–Kier alpha value is -1.31. The molecule has 0 N–H and O–H groups in total. The summed E-state index contributed by atoms with van der Waals surface area (Å²) in [5.41, 5.74) is 1.09. The number of carbonyl (C=O) groups is 1. The van der Waals surface area contributed by atoms with Crippen molar-refractivity contribution in [3.05, 3.63) is 29.8 Å². The van der Waals surface area contributed by atoms with Crippen LogP contribution in [0, 0.1) is 12.8 Å². The van der Waals surface area contributed by atoms with Crippen molar-refractivity contribution in [2.24, 2.45) is 5.92 Å². The number of hydrogen-bond acceptors (Lipinski definition) is 2. The molecule has 2 nitrogen and oxygen atoms in total. The normalized spacial score (nSPS) is 16.8. The topological polar surface area (TPSA) is 26.3 Å². The standard InChI is InChI=1S/C15H20O2/c1-12-7-5-6-10-15(12)17-11-14(16)13-8-3-2-4-9-13/h5-7,10,13H,2-4,8-9,11H2,1H3. The van der Waals surface area contributed by atoms with Gasteiger partial charge in [0.2, 0.25) is 0 Å². The summed E-state index contributed by atoms with van der Waals surface area (Å²) in [4.78, 5) is 12.0. The van der Waals surface area contributed by atoms with Crippen molar-refractivity contribution in [3.63, 3.8) is 0 Å². The minimum atomic E-state index is 0.232. The SMILES string of the molecule is Cc1ccccc1OCC(=O)C1CCCCC1. The van der Waals surface area contributed by atoms with Crippen molar-refractivity contribution in [3.8, 4) is 5.75 Å². The Bertz CT molecular complexity index is 378. The largest absolute Gasteiger partial charge is 0.486 e. The zero-order valence-electron chi connectivity index (χ0n) is 10.4. The molecule has 2 heteroatoms. The van der Waals surface area contributed by atoms with E-state index in [1.165, 1.54) is 19.3 Å². The van der Waals surface area contributed by atoms with Gasteiger partial charge in [0.05, 0.1) is 0 Å². The number of hydrogen-bond donors (Lipinski definition) is 0. The van der Waals surface area contributed by atoms with E-state index in [2.05, 4.69) is 0 Å². The second-order valence-electron chi connectivity index (χ2n) is 4.86. The number of ether oxygens (including phenoxy) is 1. The first kappa shape index (κ1) is 12.2. The predicted octanol–water partition coefficient (Wildman–Crippen LogP) is 3.52. The zero-order valence-corrected chi connectivity index (χ0v) is 10.4. The second kappa shape index (κ2) is 5.85. The predicted molar refractivity (Wildman–Crippen MR) is 68.3 cm³/mol. The highest BCUT2D eigenvalue weighted by Crippen LogP contribution is 2.25. The molecule has 0 aliphatic heterocycles. The van der Waals surface area contributed by atoms with Crippen molar-refractivity contribution in [2.45, 2.75) is 39.0 Å². The van der Waals surface area contributed by atoms with E-state index in [1.54, 1.807) is 0 Å². The van der Waals surface area contributed by atoms with Gasteiger partial charge in [-0.1, -0.05) is 37.5 Å². The fraction of sp³-hybridized carbons (Fsp3) is 0.533. The molecule has 17 heavy (non-hydrogen) atoms. The average molecular weight is 232 g/mol. The van der Waals surface area contributed by atoms with Gasteiger partial charge in [0.15, 0.2) is 5.78 Å². The van der Waals surface area contributed by atoms with Crippen LogP contribution >= 0.6 is 0 Å². The number of para-hydroxylation sites is 1. The van der Waals surface area contributed by atoms with Crippen molar-refractivity contribution in [1.29, 1.82) is 0 Å². The minimum Gasteiger partial charge on any atom is -0.486 e. The lowest BCUT2D eigenvalue weighted by atomic mass is 9.86. The van der Waals surface area contributed by atoms with Crippen molar-refractivity contribution >= 4 is 5.78 Å². The van der Waals surface area contributed by atoms with Crippen LogP contribution in [0.3, 0.4) is 0 Å². The van der Waals surface area contributed by atoms with Gasteiger partial charge in [0, 0.05) is 5.92 Å². The molecule has 92 valence electrons. The number of Topliss-reactive ketones (excluding diaryl/α,β-unsaturated/α-hetero) is 1. The fourth-order valence-corrected chi connectivity index (χ4v) is 2.41.